The summed E-state index contributed by atoms with van der Waals surface area (Å²) in [5, 5.41) is 0.735. The van der Waals surface area contributed by atoms with E-state index in [1.54, 1.807) is 48.5 Å². The summed E-state index contributed by atoms with van der Waals surface area (Å²) in [6, 6.07) is 14.1. The Kier molecular flexibility index (Phi) is 5.25. The van der Waals surface area contributed by atoms with E-state index >= 15 is 0 Å². The van der Waals surface area contributed by atoms with Gasteiger partial charge in [-0.1, -0.05) is 35.3 Å². The standard InChI is InChI=1S/C18H16Cl2N6O/c19-15-9(3-1-5-11(15)25-17(21)22)13-7-8-14(27-13)10-4-2-6-12(16(10)20)26-18(23)24/h1-8H,(H4,21,22,25)(H4,23,24,26). The van der Waals surface area contributed by atoms with E-state index in [4.69, 9.17) is 50.6 Å². The number of furan rings is 1. The molecule has 0 bridgehead atoms. The number of guanidine groups is 2. The lowest BCUT2D eigenvalue weighted by Crippen LogP contribution is -2.21. The first-order valence-electron chi connectivity index (χ1n) is 7.73. The molecule has 3 rings (SSSR count). The molecule has 0 saturated heterocycles. The molecule has 0 radical (unpaired) electrons. The zero-order chi connectivity index (χ0) is 19.6. The summed E-state index contributed by atoms with van der Waals surface area (Å²) >= 11 is 12.8. The SMILES string of the molecule is NC(N)=Nc1cccc(-c2ccc(-c3cccc(N=C(N)N)c3Cl)o2)c1Cl. The molecule has 2 aromatic carbocycles. The minimum Gasteiger partial charge on any atom is -0.456 e. The largest absolute Gasteiger partial charge is 0.456 e. The Morgan fingerprint density at radius 1 is 0.667 bits per heavy atom. The fourth-order valence-corrected chi connectivity index (χ4v) is 3.02. The van der Waals surface area contributed by atoms with Crippen molar-refractivity contribution in [3.8, 4) is 22.6 Å². The van der Waals surface area contributed by atoms with Crippen LogP contribution in [0.25, 0.3) is 22.6 Å². The highest BCUT2D eigenvalue weighted by molar-refractivity contribution is 6.36. The van der Waals surface area contributed by atoms with Crippen LogP contribution < -0.4 is 22.9 Å². The molecule has 0 atom stereocenters. The van der Waals surface area contributed by atoms with Crippen molar-refractivity contribution in [2.24, 2.45) is 32.9 Å². The number of hydrogen-bond donors (Lipinski definition) is 4. The van der Waals surface area contributed by atoms with E-state index in [-0.39, 0.29) is 11.9 Å². The van der Waals surface area contributed by atoms with Crippen LogP contribution in [0.1, 0.15) is 0 Å². The minimum atomic E-state index is -0.0856. The molecule has 27 heavy (non-hydrogen) atoms. The van der Waals surface area contributed by atoms with Gasteiger partial charge in [-0.05, 0) is 36.4 Å². The van der Waals surface area contributed by atoms with Crippen LogP contribution in [0.15, 0.2) is 62.9 Å². The van der Waals surface area contributed by atoms with Crippen LogP contribution in [0.2, 0.25) is 10.0 Å². The summed E-state index contributed by atoms with van der Waals surface area (Å²) in [6.45, 7) is 0. The number of rotatable bonds is 4. The number of nitrogens with two attached hydrogens (primary N) is 4. The Hall–Kier alpha value is -3.16. The molecule has 0 aliphatic rings. The average molecular weight is 403 g/mol. The number of hydrogen-bond acceptors (Lipinski definition) is 3. The van der Waals surface area contributed by atoms with Crippen molar-refractivity contribution >= 4 is 46.5 Å². The number of aliphatic imine (C=N–C) groups is 2. The number of benzene rings is 2. The molecule has 9 heteroatoms. The van der Waals surface area contributed by atoms with Crippen molar-refractivity contribution in [2.75, 3.05) is 0 Å². The van der Waals surface area contributed by atoms with Crippen molar-refractivity contribution in [3.05, 3.63) is 58.6 Å². The molecule has 1 aromatic heterocycles. The van der Waals surface area contributed by atoms with E-state index in [1.165, 1.54) is 0 Å². The fraction of sp³-hybridized carbons (Fsp3) is 0. The molecule has 0 saturated carbocycles. The van der Waals surface area contributed by atoms with Gasteiger partial charge in [-0.3, -0.25) is 0 Å². The lowest BCUT2D eigenvalue weighted by Gasteiger charge is -2.06. The quantitative estimate of drug-likeness (QED) is 0.388. The molecule has 0 spiro atoms. The normalized spacial score (nSPS) is 10.4. The molecule has 7 nitrogen and oxygen atoms in total. The third-order valence-electron chi connectivity index (χ3n) is 3.59. The minimum absolute atomic E-state index is 0.0856. The van der Waals surface area contributed by atoms with Gasteiger partial charge in [0, 0.05) is 11.1 Å². The summed E-state index contributed by atoms with van der Waals surface area (Å²) in [7, 11) is 0. The van der Waals surface area contributed by atoms with Gasteiger partial charge in [0.15, 0.2) is 11.9 Å². The van der Waals surface area contributed by atoms with E-state index in [1.807, 2.05) is 0 Å². The summed E-state index contributed by atoms with van der Waals surface area (Å²) in [6.07, 6.45) is 0. The highest BCUT2D eigenvalue weighted by atomic mass is 35.5. The Bertz CT molecular complexity index is 968. The summed E-state index contributed by atoms with van der Waals surface area (Å²) in [4.78, 5) is 8.00. The fourth-order valence-electron chi connectivity index (χ4n) is 2.50. The number of halogens is 2. The van der Waals surface area contributed by atoms with Crippen LogP contribution in [0.5, 0.6) is 0 Å². The summed E-state index contributed by atoms with van der Waals surface area (Å²) in [5.41, 5.74) is 23.9. The lowest BCUT2D eigenvalue weighted by molar-refractivity contribution is 0.597. The highest BCUT2D eigenvalue weighted by Gasteiger charge is 2.15. The van der Waals surface area contributed by atoms with E-state index in [0.717, 1.165) is 0 Å². The smallest absolute Gasteiger partial charge is 0.191 e. The monoisotopic (exact) mass is 402 g/mol. The Labute approximate surface area is 165 Å². The molecule has 138 valence electrons. The predicted octanol–water partition coefficient (Wildman–Crippen LogP) is 3.73. The molecule has 1 heterocycles. The zero-order valence-corrected chi connectivity index (χ0v) is 15.5. The first-order valence-corrected chi connectivity index (χ1v) is 8.49. The molecule has 3 aromatic rings. The maximum atomic E-state index is 6.41. The number of nitrogens with zero attached hydrogens (tertiary/aromatic N) is 2. The lowest BCUT2D eigenvalue weighted by atomic mass is 10.1. The molecule has 8 N–H and O–H groups in total. The third-order valence-corrected chi connectivity index (χ3v) is 4.39. The van der Waals surface area contributed by atoms with E-state index in [0.29, 0.717) is 44.1 Å². The van der Waals surface area contributed by atoms with Crippen LogP contribution >= 0.6 is 23.2 Å². The van der Waals surface area contributed by atoms with Crippen molar-refractivity contribution < 1.29 is 4.42 Å². The van der Waals surface area contributed by atoms with Gasteiger partial charge in [0.25, 0.3) is 0 Å². The van der Waals surface area contributed by atoms with Gasteiger partial charge in [0.05, 0.1) is 21.4 Å². The van der Waals surface area contributed by atoms with Gasteiger partial charge >= 0.3 is 0 Å². The maximum absolute atomic E-state index is 6.41. The Balaban J connectivity index is 2.05. The van der Waals surface area contributed by atoms with Crippen molar-refractivity contribution in [1.82, 2.24) is 0 Å². The van der Waals surface area contributed by atoms with Crippen molar-refractivity contribution in [3.63, 3.8) is 0 Å². The topological polar surface area (TPSA) is 142 Å². The second kappa shape index (κ2) is 7.61. The summed E-state index contributed by atoms with van der Waals surface area (Å²) < 4.78 is 5.95. The van der Waals surface area contributed by atoms with E-state index < -0.39 is 0 Å². The van der Waals surface area contributed by atoms with E-state index in [2.05, 4.69) is 9.98 Å². The molecule has 0 aliphatic heterocycles. The first kappa shape index (κ1) is 18.6. The average Bonchev–Trinajstić information content (AvgIpc) is 3.07. The van der Waals surface area contributed by atoms with Gasteiger partial charge in [0.1, 0.15) is 11.5 Å². The van der Waals surface area contributed by atoms with Crippen LogP contribution in [0.3, 0.4) is 0 Å². The highest BCUT2D eigenvalue weighted by Crippen LogP contribution is 2.40. The molecule has 0 aliphatic carbocycles. The first-order chi connectivity index (χ1) is 12.9. The molecule has 0 unspecified atom stereocenters. The van der Waals surface area contributed by atoms with Gasteiger partial charge in [-0.25, -0.2) is 9.98 Å². The third kappa shape index (κ3) is 3.99. The van der Waals surface area contributed by atoms with Crippen LogP contribution in [-0.2, 0) is 0 Å². The van der Waals surface area contributed by atoms with Crippen LogP contribution in [0, 0.1) is 0 Å². The Morgan fingerprint density at radius 2 is 1.07 bits per heavy atom. The molecular weight excluding hydrogens is 387 g/mol. The zero-order valence-electron chi connectivity index (χ0n) is 14.0. The van der Waals surface area contributed by atoms with E-state index in [9.17, 15) is 0 Å². The van der Waals surface area contributed by atoms with Gasteiger partial charge in [0.2, 0.25) is 0 Å². The van der Waals surface area contributed by atoms with Crippen molar-refractivity contribution in [1.29, 1.82) is 0 Å². The molecular formula is C18H16Cl2N6O. The predicted molar refractivity (Wildman–Crippen MR) is 111 cm³/mol. The van der Waals surface area contributed by atoms with Gasteiger partial charge in [-0.15, -0.1) is 0 Å². The van der Waals surface area contributed by atoms with Gasteiger partial charge in [-0.2, -0.15) is 0 Å². The Morgan fingerprint density at radius 3 is 1.44 bits per heavy atom. The van der Waals surface area contributed by atoms with Gasteiger partial charge < -0.3 is 27.4 Å². The summed E-state index contributed by atoms with van der Waals surface area (Å²) in [5.74, 6) is 0.895. The molecule has 0 fully saturated rings. The van der Waals surface area contributed by atoms with Crippen LogP contribution in [0.4, 0.5) is 11.4 Å². The maximum Gasteiger partial charge on any atom is 0.191 e. The second-order valence-electron chi connectivity index (χ2n) is 5.51. The second-order valence-corrected chi connectivity index (χ2v) is 6.27. The van der Waals surface area contributed by atoms with Crippen LogP contribution in [-0.4, -0.2) is 11.9 Å². The van der Waals surface area contributed by atoms with Crippen molar-refractivity contribution in [2.45, 2.75) is 0 Å². The molecule has 0 amide bonds.